The Bertz CT molecular complexity index is 1340. The molecule has 1 aromatic heterocycles. The summed E-state index contributed by atoms with van der Waals surface area (Å²) in [5, 5.41) is 7.00. The quantitative estimate of drug-likeness (QED) is 0.329. The summed E-state index contributed by atoms with van der Waals surface area (Å²) in [5.74, 6) is 0.0494. The van der Waals surface area contributed by atoms with Crippen LogP contribution in [-0.2, 0) is 6.54 Å². The van der Waals surface area contributed by atoms with E-state index in [1.807, 2.05) is 49.4 Å². The lowest BCUT2D eigenvalue weighted by Crippen LogP contribution is -2.35. The second-order valence-corrected chi connectivity index (χ2v) is 9.19. The van der Waals surface area contributed by atoms with Gasteiger partial charge in [0, 0.05) is 29.6 Å². The molecule has 1 aliphatic carbocycles. The third-order valence-electron chi connectivity index (χ3n) is 6.69. The van der Waals surface area contributed by atoms with Crippen LogP contribution in [0.5, 0.6) is 5.75 Å². The van der Waals surface area contributed by atoms with Crippen LogP contribution in [0.15, 0.2) is 78.9 Å². The van der Waals surface area contributed by atoms with Gasteiger partial charge in [0.05, 0.1) is 23.4 Å². The summed E-state index contributed by atoms with van der Waals surface area (Å²) >= 11 is 0. The molecule has 4 aromatic rings. The van der Waals surface area contributed by atoms with Crippen molar-refractivity contribution >= 4 is 16.8 Å². The maximum atomic E-state index is 14.9. The summed E-state index contributed by atoms with van der Waals surface area (Å²) in [4.78, 5) is 18.1. The van der Waals surface area contributed by atoms with Crippen molar-refractivity contribution in [2.75, 3.05) is 6.61 Å². The van der Waals surface area contributed by atoms with Crippen molar-refractivity contribution in [3.05, 3.63) is 95.8 Å². The molecule has 0 bridgehead atoms. The van der Waals surface area contributed by atoms with Gasteiger partial charge < -0.3 is 15.4 Å². The number of hydrogen-bond acceptors (Lipinski definition) is 4. The summed E-state index contributed by atoms with van der Waals surface area (Å²) in [6, 6.07) is 24.6. The Morgan fingerprint density at radius 3 is 2.56 bits per heavy atom. The van der Waals surface area contributed by atoms with Gasteiger partial charge >= 0.3 is 0 Å². The van der Waals surface area contributed by atoms with Crippen LogP contribution in [0.1, 0.15) is 42.1 Å². The van der Waals surface area contributed by atoms with Crippen molar-refractivity contribution in [3.8, 4) is 17.0 Å². The zero-order chi connectivity index (χ0) is 24.9. The predicted octanol–water partition coefficient (Wildman–Crippen LogP) is 5.88. The fourth-order valence-electron chi connectivity index (χ4n) is 4.88. The minimum atomic E-state index is -0.447. The summed E-state index contributed by atoms with van der Waals surface area (Å²) < 4.78 is 20.4. The second kappa shape index (κ2) is 10.9. The van der Waals surface area contributed by atoms with Crippen molar-refractivity contribution in [1.82, 2.24) is 15.6 Å². The van der Waals surface area contributed by atoms with Crippen molar-refractivity contribution < 1.29 is 13.9 Å². The van der Waals surface area contributed by atoms with E-state index < -0.39 is 5.82 Å². The number of nitrogens with zero attached hydrogens (tertiary/aromatic N) is 1. The topological polar surface area (TPSA) is 63.2 Å². The summed E-state index contributed by atoms with van der Waals surface area (Å²) in [6.07, 6.45) is 2.71. The van der Waals surface area contributed by atoms with Gasteiger partial charge in [0.15, 0.2) is 0 Å². The van der Waals surface area contributed by atoms with Crippen LogP contribution < -0.4 is 15.4 Å². The number of rotatable bonds is 8. The first-order valence-electron chi connectivity index (χ1n) is 12.5. The van der Waals surface area contributed by atoms with Gasteiger partial charge in [-0.3, -0.25) is 4.79 Å². The molecule has 0 aliphatic heterocycles. The third kappa shape index (κ3) is 5.39. The zero-order valence-electron chi connectivity index (χ0n) is 20.3. The minimum absolute atomic E-state index is 0.0367. The van der Waals surface area contributed by atoms with E-state index >= 15 is 0 Å². The van der Waals surface area contributed by atoms with Crippen LogP contribution in [0.2, 0.25) is 0 Å². The molecule has 1 saturated carbocycles. The van der Waals surface area contributed by atoms with Crippen molar-refractivity contribution in [1.29, 1.82) is 0 Å². The van der Waals surface area contributed by atoms with Crippen LogP contribution in [-0.4, -0.2) is 29.6 Å². The lowest BCUT2D eigenvalue weighted by atomic mass is 10.0. The highest BCUT2D eigenvalue weighted by Crippen LogP contribution is 2.29. The molecule has 0 spiro atoms. The molecule has 1 heterocycles. The molecule has 1 amide bonds. The highest BCUT2D eigenvalue weighted by Gasteiger charge is 2.27. The van der Waals surface area contributed by atoms with E-state index in [0.29, 0.717) is 29.4 Å². The van der Waals surface area contributed by atoms with E-state index in [9.17, 15) is 9.18 Å². The molecule has 2 N–H and O–H groups in total. The first kappa shape index (κ1) is 23.9. The lowest BCUT2D eigenvalue weighted by molar-refractivity contribution is 0.0939. The zero-order valence-corrected chi connectivity index (χ0v) is 20.3. The fourth-order valence-corrected chi connectivity index (χ4v) is 4.88. The summed E-state index contributed by atoms with van der Waals surface area (Å²) in [5.41, 5.74) is 3.47. The van der Waals surface area contributed by atoms with Crippen LogP contribution in [0.3, 0.4) is 0 Å². The number of aromatic nitrogens is 1. The second-order valence-electron chi connectivity index (χ2n) is 9.19. The average molecular weight is 484 g/mol. The molecule has 2 atom stereocenters. The van der Waals surface area contributed by atoms with Crippen molar-refractivity contribution in [2.24, 2.45) is 0 Å². The summed E-state index contributed by atoms with van der Waals surface area (Å²) in [7, 11) is 0. The first-order valence-corrected chi connectivity index (χ1v) is 12.5. The van der Waals surface area contributed by atoms with Gasteiger partial charge in [-0.25, -0.2) is 9.37 Å². The van der Waals surface area contributed by atoms with Gasteiger partial charge in [-0.15, -0.1) is 0 Å². The maximum absolute atomic E-state index is 14.9. The number of carbonyl (C=O) groups is 1. The van der Waals surface area contributed by atoms with Gasteiger partial charge in [0.2, 0.25) is 0 Å². The van der Waals surface area contributed by atoms with E-state index in [1.165, 1.54) is 11.6 Å². The Hall–Kier alpha value is -3.77. The van der Waals surface area contributed by atoms with E-state index in [1.54, 1.807) is 18.2 Å². The van der Waals surface area contributed by atoms with E-state index in [0.717, 1.165) is 37.1 Å². The molecule has 0 saturated heterocycles. The number of benzene rings is 3. The largest absolute Gasteiger partial charge is 0.494 e. The Morgan fingerprint density at radius 1 is 1.00 bits per heavy atom. The van der Waals surface area contributed by atoms with Crippen LogP contribution in [0.4, 0.5) is 4.39 Å². The third-order valence-corrected chi connectivity index (χ3v) is 6.69. The number of halogens is 1. The number of carbonyl (C=O) groups excluding carboxylic acids is 1. The van der Waals surface area contributed by atoms with E-state index in [-0.39, 0.29) is 17.3 Å². The van der Waals surface area contributed by atoms with Crippen LogP contribution in [0, 0.1) is 5.82 Å². The molecule has 184 valence electrons. The Balaban J connectivity index is 1.34. The number of nitrogens with one attached hydrogen (secondary N) is 2. The molecule has 5 nitrogen and oxygen atoms in total. The maximum Gasteiger partial charge on any atom is 0.252 e. The van der Waals surface area contributed by atoms with Crippen molar-refractivity contribution in [2.45, 2.75) is 44.8 Å². The van der Waals surface area contributed by atoms with Gasteiger partial charge in [-0.1, -0.05) is 36.4 Å². The molecule has 36 heavy (non-hydrogen) atoms. The first-order chi connectivity index (χ1) is 17.6. The highest BCUT2D eigenvalue weighted by atomic mass is 19.1. The fraction of sp³-hybridized carbons (Fsp3) is 0.267. The van der Waals surface area contributed by atoms with Gasteiger partial charge in [0.1, 0.15) is 11.6 Å². The Morgan fingerprint density at radius 2 is 1.78 bits per heavy atom. The number of hydrogen-bond donors (Lipinski definition) is 2. The number of fused-ring (bicyclic) bond motifs is 1. The van der Waals surface area contributed by atoms with E-state index in [2.05, 4.69) is 27.8 Å². The molecule has 1 aliphatic rings. The molecular formula is C30H30FN3O2. The Labute approximate surface area is 210 Å². The minimum Gasteiger partial charge on any atom is -0.494 e. The smallest absolute Gasteiger partial charge is 0.252 e. The molecule has 1 fully saturated rings. The molecule has 0 unspecified atom stereocenters. The number of ether oxygens (including phenoxy) is 1. The standard InChI is InChI=1S/C30H30FN3O2/c1-2-36-24-15-11-21(12-16-24)28-18-25(29-26(31)9-6-10-27(29)34-28)30(35)33-23-14-13-22(17-23)32-19-20-7-4-3-5-8-20/h3-12,15-16,18,22-23,32H,2,13-14,17,19H2,1H3,(H,33,35)/t22-,23+/m0/s1. The number of pyridine rings is 1. The predicted molar refractivity (Wildman–Crippen MR) is 140 cm³/mol. The van der Waals surface area contributed by atoms with Gasteiger partial charge in [-0.2, -0.15) is 0 Å². The SMILES string of the molecule is CCOc1ccc(-c2cc(C(=O)N[C@@H]3CC[C@H](NCc4ccccc4)C3)c3c(F)cccc3n2)cc1. The molecule has 5 rings (SSSR count). The van der Waals surface area contributed by atoms with Gasteiger partial charge in [-0.05, 0) is 74.2 Å². The molecule has 0 radical (unpaired) electrons. The average Bonchev–Trinajstić information content (AvgIpc) is 3.35. The lowest BCUT2D eigenvalue weighted by Gasteiger charge is -2.16. The molecular weight excluding hydrogens is 453 g/mol. The molecule has 6 heteroatoms. The number of amides is 1. The molecule has 3 aromatic carbocycles. The van der Waals surface area contributed by atoms with Crippen LogP contribution >= 0.6 is 0 Å². The normalized spacial score (nSPS) is 17.3. The Kier molecular flexibility index (Phi) is 7.23. The van der Waals surface area contributed by atoms with Gasteiger partial charge in [0.25, 0.3) is 5.91 Å². The van der Waals surface area contributed by atoms with Crippen molar-refractivity contribution in [3.63, 3.8) is 0 Å². The van der Waals surface area contributed by atoms with Crippen LogP contribution in [0.25, 0.3) is 22.2 Å². The monoisotopic (exact) mass is 483 g/mol. The van der Waals surface area contributed by atoms with E-state index in [4.69, 9.17) is 4.74 Å². The highest BCUT2D eigenvalue weighted by molar-refractivity contribution is 6.07. The summed E-state index contributed by atoms with van der Waals surface area (Å²) in [6.45, 7) is 3.32.